The second-order valence-electron chi connectivity index (χ2n) is 6.40. The first-order valence-electron chi connectivity index (χ1n) is 8.79. The van der Waals surface area contributed by atoms with Crippen molar-refractivity contribution in [1.29, 1.82) is 0 Å². The van der Waals surface area contributed by atoms with Gasteiger partial charge in [0.15, 0.2) is 0 Å². The predicted octanol–water partition coefficient (Wildman–Crippen LogP) is 5.14. The summed E-state index contributed by atoms with van der Waals surface area (Å²) in [5.74, 6) is 3.06. The molecule has 0 radical (unpaired) electrons. The largest absolute Gasteiger partial charge is 0.496 e. The number of likely N-dealkylation sites (N-methyl/N-ethyl adjacent to an activating group) is 1. The van der Waals surface area contributed by atoms with Crippen molar-refractivity contribution in [1.82, 2.24) is 5.32 Å². The van der Waals surface area contributed by atoms with Crippen LogP contribution in [0, 0.1) is 6.92 Å². The van der Waals surface area contributed by atoms with Gasteiger partial charge in [-0.25, -0.2) is 0 Å². The van der Waals surface area contributed by atoms with Crippen molar-refractivity contribution in [3.8, 4) is 11.5 Å². The van der Waals surface area contributed by atoms with Gasteiger partial charge in [-0.05, 0) is 55.3 Å². The van der Waals surface area contributed by atoms with E-state index in [2.05, 4.69) is 48.8 Å². The Morgan fingerprint density at radius 3 is 2.88 bits per heavy atom. The molecule has 0 fully saturated rings. The van der Waals surface area contributed by atoms with Gasteiger partial charge in [-0.1, -0.05) is 19.1 Å². The van der Waals surface area contributed by atoms with Crippen molar-refractivity contribution in [2.75, 3.05) is 26.8 Å². The molecule has 1 N–H and O–H groups in total. The van der Waals surface area contributed by atoms with Crippen LogP contribution in [0.5, 0.6) is 11.5 Å². The summed E-state index contributed by atoms with van der Waals surface area (Å²) in [5.41, 5.74) is 2.47. The van der Waals surface area contributed by atoms with E-state index in [1.54, 1.807) is 7.11 Å². The fourth-order valence-electron chi connectivity index (χ4n) is 3.62. The van der Waals surface area contributed by atoms with E-state index in [9.17, 15) is 0 Å². The molecule has 0 aliphatic carbocycles. The van der Waals surface area contributed by atoms with E-state index in [4.69, 9.17) is 9.47 Å². The average Bonchev–Trinajstić information content (AvgIpc) is 3.14. The maximum atomic E-state index is 5.99. The van der Waals surface area contributed by atoms with Crippen LogP contribution in [0.1, 0.15) is 47.6 Å². The first-order valence-corrected chi connectivity index (χ1v) is 9.67. The van der Waals surface area contributed by atoms with Crippen LogP contribution in [0.3, 0.4) is 0 Å². The van der Waals surface area contributed by atoms with Crippen molar-refractivity contribution >= 4 is 23.7 Å². The Morgan fingerprint density at radius 1 is 1.36 bits per heavy atom. The molecule has 138 valence electrons. The van der Waals surface area contributed by atoms with Crippen LogP contribution in [0.4, 0.5) is 0 Å². The number of hydrogen-bond donors (Lipinski definition) is 1. The second kappa shape index (κ2) is 9.46. The van der Waals surface area contributed by atoms with Gasteiger partial charge in [-0.3, -0.25) is 0 Å². The molecule has 1 aliphatic heterocycles. The molecule has 1 aliphatic rings. The van der Waals surface area contributed by atoms with Gasteiger partial charge in [0.05, 0.1) is 13.7 Å². The summed E-state index contributed by atoms with van der Waals surface area (Å²) in [4.78, 5) is 1.48. The molecule has 0 spiro atoms. The second-order valence-corrected chi connectivity index (χ2v) is 7.38. The van der Waals surface area contributed by atoms with Gasteiger partial charge < -0.3 is 14.8 Å². The standard InChI is InChI=1S/C20H27NO2S.ClH/c1-4-21-13-16(19-6-5-11-24-19)12-15-9-10-23-20-14(2)18(22-3)8-7-17(15)20;/h5-8,11,15-16,21H,4,9-10,12-13H2,1-3H3;1H. The normalized spacial score (nSPS) is 17.2. The van der Waals surface area contributed by atoms with Gasteiger partial charge in [0.2, 0.25) is 0 Å². The maximum absolute atomic E-state index is 5.99. The molecule has 5 heteroatoms. The summed E-state index contributed by atoms with van der Waals surface area (Å²) in [6.07, 6.45) is 2.25. The van der Waals surface area contributed by atoms with Gasteiger partial charge in [-0.15, -0.1) is 23.7 Å². The van der Waals surface area contributed by atoms with E-state index in [0.717, 1.165) is 49.6 Å². The Labute approximate surface area is 161 Å². The first-order chi connectivity index (χ1) is 11.7. The van der Waals surface area contributed by atoms with Crippen molar-refractivity contribution < 1.29 is 9.47 Å². The molecule has 2 atom stereocenters. The lowest BCUT2D eigenvalue weighted by Gasteiger charge is -2.30. The minimum absolute atomic E-state index is 0. The monoisotopic (exact) mass is 381 g/mol. The summed E-state index contributed by atoms with van der Waals surface area (Å²) in [6, 6.07) is 8.71. The molecule has 2 aromatic rings. The Kier molecular flexibility index (Phi) is 7.60. The molecule has 2 unspecified atom stereocenters. The SMILES string of the molecule is CCNCC(CC1CCOc2c1ccc(OC)c2C)c1cccs1.Cl. The summed E-state index contributed by atoms with van der Waals surface area (Å²) in [6.45, 7) is 7.12. The molecule has 2 heterocycles. The van der Waals surface area contributed by atoms with E-state index in [-0.39, 0.29) is 12.4 Å². The molecule has 25 heavy (non-hydrogen) atoms. The molecule has 3 nitrogen and oxygen atoms in total. The van der Waals surface area contributed by atoms with Crippen molar-refractivity contribution in [3.05, 3.63) is 45.6 Å². The highest BCUT2D eigenvalue weighted by atomic mass is 35.5. The predicted molar refractivity (Wildman–Crippen MR) is 108 cm³/mol. The average molecular weight is 382 g/mol. The highest BCUT2D eigenvalue weighted by Crippen LogP contribution is 2.44. The Hall–Kier alpha value is -1.23. The molecule has 0 amide bonds. The summed E-state index contributed by atoms with van der Waals surface area (Å²) >= 11 is 1.87. The smallest absolute Gasteiger partial charge is 0.129 e. The lowest BCUT2D eigenvalue weighted by molar-refractivity contribution is 0.254. The molecule has 1 aromatic heterocycles. The fourth-order valence-corrected chi connectivity index (χ4v) is 4.46. The summed E-state index contributed by atoms with van der Waals surface area (Å²) in [5, 5.41) is 5.72. The van der Waals surface area contributed by atoms with E-state index in [1.165, 1.54) is 10.4 Å². The minimum Gasteiger partial charge on any atom is -0.496 e. The molecular weight excluding hydrogens is 354 g/mol. The number of thiophene rings is 1. The number of methoxy groups -OCH3 is 1. The molecule has 0 saturated carbocycles. The highest BCUT2D eigenvalue weighted by Gasteiger charge is 2.27. The highest BCUT2D eigenvalue weighted by molar-refractivity contribution is 7.10. The fraction of sp³-hybridized carbons (Fsp3) is 0.500. The number of ether oxygens (including phenoxy) is 2. The van der Waals surface area contributed by atoms with Gasteiger partial charge in [0.1, 0.15) is 11.5 Å². The van der Waals surface area contributed by atoms with Gasteiger partial charge in [0.25, 0.3) is 0 Å². The topological polar surface area (TPSA) is 30.5 Å². The lowest BCUT2D eigenvalue weighted by atomic mass is 9.83. The van der Waals surface area contributed by atoms with Gasteiger partial charge >= 0.3 is 0 Å². The number of benzene rings is 1. The first kappa shape index (κ1) is 20.1. The van der Waals surface area contributed by atoms with Crippen LogP contribution < -0.4 is 14.8 Å². The van der Waals surface area contributed by atoms with E-state index >= 15 is 0 Å². The van der Waals surface area contributed by atoms with Crippen LogP contribution in [0.25, 0.3) is 0 Å². The van der Waals surface area contributed by atoms with Crippen LogP contribution >= 0.6 is 23.7 Å². The van der Waals surface area contributed by atoms with Crippen LogP contribution in [0.15, 0.2) is 29.6 Å². The van der Waals surface area contributed by atoms with Gasteiger partial charge in [0, 0.05) is 22.9 Å². The van der Waals surface area contributed by atoms with Crippen molar-refractivity contribution in [2.24, 2.45) is 0 Å². The zero-order valence-corrected chi connectivity index (χ0v) is 16.8. The molecule has 1 aromatic carbocycles. The maximum Gasteiger partial charge on any atom is 0.129 e. The van der Waals surface area contributed by atoms with Crippen LogP contribution in [0.2, 0.25) is 0 Å². The summed E-state index contributed by atoms with van der Waals surface area (Å²) < 4.78 is 11.4. The Balaban J connectivity index is 0.00000225. The third-order valence-electron chi connectivity index (χ3n) is 4.91. The number of nitrogens with one attached hydrogen (secondary N) is 1. The van der Waals surface area contributed by atoms with Gasteiger partial charge in [-0.2, -0.15) is 0 Å². The number of rotatable bonds is 7. The molecule has 0 saturated heterocycles. The lowest BCUT2D eigenvalue weighted by Crippen LogP contribution is -2.24. The zero-order valence-electron chi connectivity index (χ0n) is 15.2. The number of fused-ring (bicyclic) bond motifs is 1. The molecule has 0 bridgehead atoms. The quantitative estimate of drug-likeness (QED) is 0.720. The number of halogens is 1. The molecular formula is C20H28ClNO2S. The van der Waals surface area contributed by atoms with Crippen molar-refractivity contribution in [2.45, 2.75) is 38.5 Å². The number of hydrogen-bond acceptors (Lipinski definition) is 4. The van der Waals surface area contributed by atoms with E-state index in [1.807, 2.05) is 11.3 Å². The minimum atomic E-state index is 0. The zero-order chi connectivity index (χ0) is 16.9. The van der Waals surface area contributed by atoms with Crippen LogP contribution in [-0.4, -0.2) is 26.8 Å². The van der Waals surface area contributed by atoms with E-state index in [0.29, 0.717) is 11.8 Å². The summed E-state index contributed by atoms with van der Waals surface area (Å²) in [7, 11) is 1.72. The third-order valence-corrected chi connectivity index (χ3v) is 5.95. The molecule has 3 rings (SSSR count). The third kappa shape index (κ3) is 4.49. The van der Waals surface area contributed by atoms with E-state index < -0.39 is 0 Å². The Bertz CT molecular complexity index is 660. The van der Waals surface area contributed by atoms with Crippen LogP contribution in [-0.2, 0) is 0 Å². The Morgan fingerprint density at radius 2 is 2.20 bits per heavy atom. The van der Waals surface area contributed by atoms with Crippen molar-refractivity contribution in [3.63, 3.8) is 0 Å².